The predicted octanol–water partition coefficient (Wildman–Crippen LogP) is 2.72. The molecule has 72 valence electrons. The smallest absolute Gasteiger partial charge is 0.124 e. The molecule has 4 heteroatoms. The van der Waals surface area contributed by atoms with Gasteiger partial charge in [0.25, 0.3) is 0 Å². The zero-order chi connectivity index (χ0) is 9.97. The third-order valence-corrected chi connectivity index (χ3v) is 2.28. The summed E-state index contributed by atoms with van der Waals surface area (Å²) < 4.78 is 14.6. The molecule has 2 rings (SSSR count). The molecule has 1 aromatic carbocycles. The Morgan fingerprint density at radius 2 is 2.29 bits per heavy atom. The van der Waals surface area contributed by atoms with E-state index in [2.05, 4.69) is 4.98 Å². The molecule has 2 nitrogen and oxygen atoms in total. The lowest BCUT2D eigenvalue weighted by Crippen LogP contribution is -1.97. The van der Waals surface area contributed by atoms with Gasteiger partial charge >= 0.3 is 0 Å². The van der Waals surface area contributed by atoms with Crippen molar-refractivity contribution in [1.82, 2.24) is 9.55 Å². The molecule has 2 aromatic rings. The van der Waals surface area contributed by atoms with Crippen LogP contribution in [0.4, 0.5) is 4.39 Å². The lowest BCUT2D eigenvalue weighted by atomic mass is 10.2. The third-order valence-electron chi connectivity index (χ3n) is 1.93. The fourth-order valence-electron chi connectivity index (χ4n) is 1.23. The Labute approximate surface area is 86.0 Å². The maximum Gasteiger partial charge on any atom is 0.124 e. The topological polar surface area (TPSA) is 17.8 Å². The number of imidazole rings is 1. The molecule has 0 spiro atoms. The average Bonchev–Trinajstić information content (AvgIpc) is 2.62. The molecule has 0 bridgehead atoms. The number of halogens is 2. The number of benzene rings is 1. The molecular weight excluding hydrogens is 203 g/mol. The second kappa shape index (κ2) is 3.80. The first kappa shape index (κ1) is 9.21. The van der Waals surface area contributed by atoms with Crippen molar-refractivity contribution in [3.8, 4) is 0 Å². The van der Waals surface area contributed by atoms with E-state index in [4.69, 9.17) is 11.6 Å². The summed E-state index contributed by atoms with van der Waals surface area (Å²) in [6.07, 6.45) is 5.22. The molecule has 0 aliphatic rings. The van der Waals surface area contributed by atoms with E-state index in [-0.39, 0.29) is 5.82 Å². The molecule has 0 amide bonds. The van der Waals surface area contributed by atoms with Crippen LogP contribution in [0.5, 0.6) is 0 Å². The molecule has 1 aromatic heterocycles. The Bertz CT molecular complexity index is 426. The van der Waals surface area contributed by atoms with Crippen molar-refractivity contribution in [2.75, 3.05) is 0 Å². The van der Waals surface area contributed by atoms with E-state index >= 15 is 0 Å². The highest BCUT2D eigenvalue weighted by Crippen LogP contribution is 2.17. The lowest BCUT2D eigenvalue weighted by Gasteiger charge is -2.04. The first-order valence-electron chi connectivity index (χ1n) is 4.15. The Kier molecular flexibility index (Phi) is 2.50. The summed E-state index contributed by atoms with van der Waals surface area (Å²) in [5.41, 5.74) is 0.881. The first-order valence-corrected chi connectivity index (χ1v) is 4.53. The van der Waals surface area contributed by atoms with Crippen LogP contribution in [0.3, 0.4) is 0 Å². The van der Waals surface area contributed by atoms with Crippen LogP contribution in [-0.2, 0) is 6.54 Å². The molecule has 14 heavy (non-hydrogen) atoms. The Hall–Kier alpha value is -1.35. The molecule has 0 N–H and O–H groups in total. The minimum atomic E-state index is -0.315. The van der Waals surface area contributed by atoms with Gasteiger partial charge in [0.15, 0.2) is 0 Å². The van der Waals surface area contributed by atoms with Crippen molar-refractivity contribution >= 4 is 11.6 Å². The highest BCUT2D eigenvalue weighted by molar-refractivity contribution is 6.31. The monoisotopic (exact) mass is 210 g/mol. The molecule has 0 saturated carbocycles. The van der Waals surface area contributed by atoms with Gasteiger partial charge in [0.05, 0.1) is 6.33 Å². The number of hydrogen-bond acceptors (Lipinski definition) is 1. The largest absolute Gasteiger partial charge is 0.333 e. The molecule has 0 fully saturated rings. The number of aromatic nitrogens is 2. The third kappa shape index (κ3) is 1.93. The van der Waals surface area contributed by atoms with Crippen molar-refractivity contribution in [3.63, 3.8) is 0 Å². The molecular formula is C10H8ClFN2. The van der Waals surface area contributed by atoms with Gasteiger partial charge in [-0.1, -0.05) is 17.7 Å². The van der Waals surface area contributed by atoms with Gasteiger partial charge in [0, 0.05) is 24.0 Å². The quantitative estimate of drug-likeness (QED) is 0.745. The molecule has 1 heterocycles. The predicted molar refractivity (Wildman–Crippen MR) is 52.7 cm³/mol. The maximum atomic E-state index is 12.7. The normalized spacial score (nSPS) is 10.4. The average molecular weight is 211 g/mol. The van der Waals surface area contributed by atoms with Crippen LogP contribution in [0, 0.1) is 5.82 Å². The standard InChI is InChI=1S/C10H8ClFN2/c11-10-5-9(12)2-1-8(10)6-14-4-3-13-7-14/h1-5,7H,6H2. The van der Waals surface area contributed by atoms with E-state index in [9.17, 15) is 4.39 Å². The minimum Gasteiger partial charge on any atom is -0.333 e. The molecule has 0 aliphatic heterocycles. The van der Waals surface area contributed by atoms with Crippen molar-refractivity contribution < 1.29 is 4.39 Å². The van der Waals surface area contributed by atoms with Gasteiger partial charge in [-0.05, 0) is 17.7 Å². The number of rotatable bonds is 2. The van der Waals surface area contributed by atoms with E-state index in [1.54, 1.807) is 18.6 Å². The highest BCUT2D eigenvalue weighted by Gasteiger charge is 2.01. The Morgan fingerprint density at radius 1 is 1.43 bits per heavy atom. The first-order chi connectivity index (χ1) is 6.75. The van der Waals surface area contributed by atoms with Crippen LogP contribution in [0.1, 0.15) is 5.56 Å². The van der Waals surface area contributed by atoms with Crippen LogP contribution < -0.4 is 0 Å². The van der Waals surface area contributed by atoms with Gasteiger partial charge in [-0.3, -0.25) is 0 Å². The van der Waals surface area contributed by atoms with Gasteiger partial charge in [0.2, 0.25) is 0 Å². The van der Waals surface area contributed by atoms with Crippen molar-refractivity contribution in [1.29, 1.82) is 0 Å². The summed E-state index contributed by atoms with van der Waals surface area (Å²) in [4.78, 5) is 3.91. The Balaban J connectivity index is 2.25. The summed E-state index contributed by atoms with van der Waals surface area (Å²) in [7, 11) is 0. The van der Waals surface area contributed by atoms with E-state index in [0.717, 1.165) is 5.56 Å². The van der Waals surface area contributed by atoms with Gasteiger partial charge in [-0.25, -0.2) is 9.37 Å². The van der Waals surface area contributed by atoms with E-state index < -0.39 is 0 Å². The molecule has 0 aliphatic carbocycles. The van der Waals surface area contributed by atoms with Crippen molar-refractivity contribution in [2.45, 2.75) is 6.54 Å². The highest BCUT2D eigenvalue weighted by atomic mass is 35.5. The van der Waals surface area contributed by atoms with Crippen LogP contribution >= 0.6 is 11.6 Å². The van der Waals surface area contributed by atoms with Crippen LogP contribution in [0.15, 0.2) is 36.9 Å². The lowest BCUT2D eigenvalue weighted by molar-refractivity contribution is 0.626. The zero-order valence-electron chi connectivity index (χ0n) is 7.32. The van der Waals surface area contributed by atoms with Crippen LogP contribution in [0.2, 0.25) is 5.02 Å². The fourth-order valence-corrected chi connectivity index (χ4v) is 1.45. The number of hydrogen-bond donors (Lipinski definition) is 0. The summed E-state index contributed by atoms with van der Waals surface area (Å²) in [6.45, 7) is 0.610. The summed E-state index contributed by atoms with van der Waals surface area (Å²) in [5.74, 6) is -0.315. The van der Waals surface area contributed by atoms with Gasteiger partial charge in [-0.15, -0.1) is 0 Å². The maximum absolute atomic E-state index is 12.7. The Morgan fingerprint density at radius 3 is 2.93 bits per heavy atom. The second-order valence-electron chi connectivity index (χ2n) is 2.97. The van der Waals surface area contributed by atoms with E-state index in [1.165, 1.54) is 12.1 Å². The zero-order valence-corrected chi connectivity index (χ0v) is 8.08. The van der Waals surface area contributed by atoms with E-state index in [0.29, 0.717) is 11.6 Å². The molecule has 0 saturated heterocycles. The van der Waals surface area contributed by atoms with Crippen LogP contribution in [-0.4, -0.2) is 9.55 Å². The fraction of sp³-hybridized carbons (Fsp3) is 0.100. The molecule has 0 radical (unpaired) electrons. The molecule has 0 atom stereocenters. The van der Waals surface area contributed by atoms with Crippen molar-refractivity contribution in [2.24, 2.45) is 0 Å². The number of nitrogens with zero attached hydrogens (tertiary/aromatic N) is 2. The van der Waals surface area contributed by atoms with Crippen LogP contribution in [0.25, 0.3) is 0 Å². The second-order valence-corrected chi connectivity index (χ2v) is 3.38. The summed E-state index contributed by atoms with van der Waals surface area (Å²) in [6, 6.07) is 4.39. The summed E-state index contributed by atoms with van der Waals surface area (Å²) in [5, 5.41) is 0.443. The van der Waals surface area contributed by atoms with Crippen molar-refractivity contribution in [3.05, 3.63) is 53.3 Å². The van der Waals surface area contributed by atoms with Gasteiger partial charge in [0.1, 0.15) is 5.82 Å². The van der Waals surface area contributed by atoms with Gasteiger partial charge in [-0.2, -0.15) is 0 Å². The van der Waals surface area contributed by atoms with Gasteiger partial charge < -0.3 is 4.57 Å². The summed E-state index contributed by atoms with van der Waals surface area (Å²) >= 11 is 5.87. The van der Waals surface area contributed by atoms with E-state index in [1.807, 2.05) is 10.8 Å². The minimum absolute atomic E-state index is 0.315. The SMILES string of the molecule is Fc1ccc(Cn2ccnc2)c(Cl)c1. The molecule has 0 unspecified atom stereocenters.